The summed E-state index contributed by atoms with van der Waals surface area (Å²) in [5, 5.41) is 6.49. The van der Waals surface area contributed by atoms with Crippen molar-refractivity contribution < 1.29 is 9.13 Å². The van der Waals surface area contributed by atoms with E-state index < -0.39 is 0 Å². The van der Waals surface area contributed by atoms with Crippen LogP contribution in [0.25, 0.3) is 5.69 Å². The van der Waals surface area contributed by atoms with Crippen molar-refractivity contribution in [2.24, 2.45) is 10.9 Å². The molecule has 0 spiro atoms. The molecule has 0 radical (unpaired) electrons. The van der Waals surface area contributed by atoms with Crippen molar-refractivity contribution in [1.82, 2.24) is 20.2 Å². The van der Waals surface area contributed by atoms with Gasteiger partial charge in [0.05, 0.1) is 18.6 Å². The van der Waals surface area contributed by atoms with Gasteiger partial charge in [-0.3, -0.25) is 4.99 Å². The van der Waals surface area contributed by atoms with Gasteiger partial charge in [0.25, 0.3) is 0 Å². The van der Waals surface area contributed by atoms with E-state index in [4.69, 9.17) is 4.74 Å². The van der Waals surface area contributed by atoms with Crippen LogP contribution >= 0.6 is 0 Å². The number of hydrogen-bond acceptors (Lipinski definition) is 3. The van der Waals surface area contributed by atoms with Crippen molar-refractivity contribution in [1.29, 1.82) is 0 Å². The Labute approximate surface area is 140 Å². The third-order valence-corrected chi connectivity index (χ3v) is 4.06. The number of benzene rings is 1. The lowest BCUT2D eigenvalue weighted by Crippen LogP contribution is -2.39. The second-order valence-corrected chi connectivity index (χ2v) is 5.79. The Balaban J connectivity index is 1.54. The van der Waals surface area contributed by atoms with Crippen LogP contribution in [-0.2, 0) is 11.3 Å². The molecule has 1 aliphatic rings. The first-order chi connectivity index (χ1) is 11.8. The number of nitrogens with one attached hydrogen (secondary N) is 2. The molecule has 0 amide bonds. The van der Waals surface area contributed by atoms with E-state index in [2.05, 4.69) is 20.6 Å². The van der Waals surface area contributed by atoms with Gasteiger partial charge in [0.1, 0.15) is 5.82 Å². The number of imidazole rings is 1. The molecule has 1 unspecified atom stereocenters. The van der Waals surface area contributed by atoms with Crippen molar-refractivity contribution in [2.75, 3.05) is 26.8 Å². The highest BCUT2D eigenvalue weighted by Gasteiger charge is 2.15. The van der Waals surface area contributed by atoms with Gasteiger partial charge in [0, 0.05) is 45.1 Å². The Hall–Kier alpha value is -2.41. The van der Waals surface area contributed by atoms with Crippen LogP contribution in [0.4, 0.5) is 4.39 Å². The topological polar surface area (TPSA) is 63.5 Å². The van der Waals surface area contributed by atoms with Crippen molar-refractivity contribution in [2.45, 2.75) is 13.0 Å². The van der Waals surface area contributed by atoms with Gasteiger partial charge in [-0.1, -0.05) is 6.07 Å². The molecule has 1 saturated heterocycles. The summed E-state index contributed by atoms with van der Waals surface area (Å²) in [6.45, 7) is 2.96. The third kappa shape index (κ3) is 4.11. The maximum absolute atomic E-state index is 14.2. The van der Waals surface area contributed by atoms with Crippen LogP contribution in [0.1, 0.15) is 12.0 Å². The molecular weight excluding hydrogens is 309 g/mol. The molecule has 128 valence electrons. The zero-order valence-corrected chi connectivity index (χ0v) is 13.7. The van der Waals surface area contributed by atoms with E-state index in [1.165, 1.54) is 6.07 Å². The second-order valence-electron chi connectivity index (χ2n) is 5.79. The minimum Gasteiger partial charge on any atom is -0.381 e. The second kappa shape index (κ2) is 7.92. The Morgan fingerprint density at radius 3 is 3.04 bits per heavy atom. The SMILES string of the molecule is CN=C(NCc1ccc(-n2ccnc2)c(F)c1)NCC1CCOC1. The minimum atomic E-state index is -0.279. The third-order valence-electron chi connectivity index (χ3n) is 4.06. The fraction of sp³-hybridized carbons (Fsp3) is 0.412. The summed E-state index contributed by atoms with van der Waals surface area (Å²) in [5.41, 5.74) is 1.34. The molecular formula is C17H22FN5O. The standard InChI is InChI=1S/C17H22FN5O/c1-19-17(22-10-14-4-7-24-11-14)21-9-13-2-3-16(15(18)8-13)23-6-5-20-12-23/h2-3,5-6,8,12,14H,4,7,9-11H2,1H3,(H2,19,21,22). The van der Waals surface area contributed by atoms with E-state index in [1.807, 2.05) is 6.07 Å². The van der Waals surface area contributed by atoms with Gasteiger partial charge in [0.15, 0.2) is 5.96 Å². The molecule has 1 aromatic carbocycles. The highest BCUT2D eigenvalue weighted by atomic mass is 19.1. The lowest BCUT2D eigenvalue weighted by Gasteiger charge is -2.15. The van der Waals surface area contributed by atoms with Crippen molar-refractivity contribution in [3.8, 4) is 5.69 Å². The first-order valence-corrected chi connectivity index (χ1v) is 8.05. The largest absolute Gasteiger partial charge is 0.381 e. The number of ether oxygens (including phenoxy) is 1. The first kappa shape index (κ1) is 16.4. The highest BCUT2D eigenvalue weighted by molar-refractivity contribution is 5.79. The fourth-order valence-corrected chi connectivity index (χ4v) is 2.66. The van der Waals surface area contributed by atoms with Crippen LogP contribution in [0.5, 0.6) is 0 Å². The quantitative estimate of drug-likeness (QED) is 0.647. The average molecular weight is 331 g/mol. The van der Waals surface area contributed by atoms with E-state index in [-0.39, 0.29) is 5.82 Å². The summed E-state index contributed by atoms with van der Waals surface area (Å²) < 4.78 is 21.2. The summed E-state index contributed by atoms with van der Waals surface area (Å²) in [7, 11) is 1.73. The molecule has 0 bridgehead atoms. The number of aliphatic imine (C=N–C) groups is 1. The smallest absolute Gasteiger partial charge is 0.191 e. The number of aromatic nitrogens is 2. The van der Waals surface area contributed by atoms with E-state index in [1.54, 1.807) is 36.4 Å². The summed E-state index contributed by atoms with van der Waals surface area (Å²) in [5.74, 6) is 0.954. The van der Waals surface area contributed by atoms with Gasteiger partial charge in [-0.25, -0.2) is 9.37 Å². The summed E-state index contributed by atoms with van der Waals surface area (Å²) in [4.78, 5) is 8.13. The molecule has 7 heteroatoms. The van der Waals surface area contributed by atoms with Gasteiger partial charge in [-0.15, -0.1) is 0 Å². The van der Waals surface area contributed by atoms with E-state index in [0.717, 1.165) is 31.7 Å². The van der Waals surface area contributed by atoms with Crippen LogP contribution in [0.2, 0.25) is 0 Å². The van der Waals surface area contributed by atoms with Crippen molar-refractivity contribution >= 4 is 5.96 Å². The average Bonchev–Trinajstić information content (AvgIpc) is 3.29. The van der Waals surface area contributed by atoms with Crippen LogP contribution in [0, 0.1) is 11.7 Å². The van der Waals surface area contributed by atoms with Crippen LogP contribution < -0.4 is 10.6 Å². The Bertz CT molecular complexity index is 680. The molecule has 24 heavy (non-hydrogen) atoms. The minimum absolute atomic E-state index is 0.279. The van der Waals surface area contributed by atoms with Gasteiger partial charge in [-0.2, -0.15) is 0 Å². The first-order valence-electron chi connectivity index (χ1n) is 8.05. The monoisotopic (exact) mass is 331 g/mol. The van der Waals surface area contributed by atoms with Crippen LogP contribution in [0.15, 0.2) is 41.9 Å². The molecule has 1 aliphatic heterocycles. The van der Waals surface area contributed by atoms with E-state index >= 15 is 0 Å². The molecule has 1 fully saturated rings. The van der Waals surface area contributed by atoms with Gasteiger partial charge in [0.2, 0.25) is 0 Å². The Morgan fingerprint density at radius 2 is 2.38 bits per heavy atom. The summed E-state index contributed by atoms with van der Waals surface area (Å²) >= 11 is 0. The number of guanidine groups is 1. The zero-order valence-electron chi connectivity index (χ0n) is 13.7. The number of nitrogens with zero attached hydrogens (tertiary/aromatic N) is 3. The zero-order chi connectivity index (χ0) is 16.8. The molecule has 2 N–H and O–H groups in total. The number of halogens is 1. The van der Waals surface area contributed by atoms with E-state index in [9.17, 15) is 4.39 Å². The molecule has 2 aromatic rings. The molecule has 1 atom stereocenters. The maximum Gasteiger partial charge on any atom is 0.191 e. The predicted octanol–water partition coefficient (Wildman–Crippen LogP) is 1.71. The normalized spacial score (nSPS) is 17.9. The maximum atomic E-state index is 14.2. The van der Waals surface area contributed by atoms with Crippen molar-refractivity contribution in [3.63, 3.8) is 0 Å². The Kier molecular flexibility index (Phi) is 5.43. The van der Waals surface area contributed by atoms with Gasteiger partial charge >= 0.3 is 0 Å². The molecule has 0 saturated carbocycles. The van der Waals surface area contributed by atoms with Gasteiger partial charge < -0.3 is 19.9 Å². The lowest BCUT2D eigenvalue weighted by atomic mass is 10.1. The molecule has 1 aromatic heterocycles. The molecule has 0 aliphatic carbocycles. The Morgan fingerprint density at radius 1 is 1.46 bits per heavy atom. The number of rotatable bonds is 5. The molecule has 2 heterocycles. The van der Waals surface area contributed by atoms with Crippen molar-refractivity contribution in [3.05, 3.63) is 48.3 Å². The predicted molar refractivity (Wildman–Crippen MR) is 90.6 cm³/mol. The highest BCUT2D eigenvalue weighted by Crippen LogP contribution is 2.15. The summed E-state index contributed by atoms with van der Waals surface area (Å²) in [6, 6.07) is 5.17. The van der Waals surface area contributed by atoms with Crippen LogP contribution in [0.3, 0.4) is 0 Å². The lowest BCUT2D eigenvalue weighted by molar-refractivity contribution is 0.186. The van der Waals surface area contributed by atoms with Gasteiger partial charge in [-0.05, 0) is 24.1 Å². The molecule has 3 rings (SSSR count). The van der Waals surface area contributed by atoms with E-state index in [0.29, 0.717) is 24.1 Å². The summed E-state index contributed by atoms with van der Waals surface area (Å²) in [6.07, 6.45) is 5.99. The van der Waals surface area contributed by atoms with Crippen LogP contribution in [-0.4, -0.2) is 42.3 Å². The fourth-order valence-electron chi connectivity index (χ4n) is 2.66. The molecule has 6 nitrogen and oxygen atoms in total. The number of hydrogen-bond donors (Lipinski definition) is 2.